The molecule has 6 rings (SSSR count). The van der Waals surface area contributed by atoms with Gasteiger partial charge in [0.1, 0.15) is 0 Å². The van der Waals surface area contributed by atoms with E-state index in [1.807, 2.05) is 0 Å². The predicted molar refractivity (Wildman–Crippen MR) is 279 cm³/mol. The fraction of sp³-hybridized carbons (Fsp3) is 0.429. The summed E-state index contributed by atoms with van der Waals surface area (Å²) >= 11 is 0. The highest BCUT2D eigenvalue weighted by Gasteiger charge is 2.22. The van der Waals surface area contributed by atoms with Crippen molar-refractivity contribution in [1.29, 1.82) is 0 Å². The van der Waals surface area contributed by atoms with E-state index in [2.05, 4.69) is 270 Å². The Labute approximate surface area is 387 Å². The van der Waals surface area contributed by atoms with Crippen LogP contribution in [0.25, 0.3) is 0 Å². The first-order valence-corrected chi connectivity index (χ1v) is 23.6. The molecule has 0 bridgehead atoms. The quantitative estimate of drug-likeness (QED) is 0.157. The predicted octanol–water partition coefficient (Wildman–Crippen LogP) is 17.6. The van der Waals surface area contributed by atoms with Gasteiger partial charge >= 0.3 is 0 Å². The van der Waals surface area contributed by atoms with E-state index in [1.165, 1.54) is 66.8 Å². The number of hydrogen-bond donors (Lipinski definition) is 0. The third kappa shape index (κ3) is 15.5. The van der Waals surface area contributed by atoms with Crippen LogP contribution in [0.15, 0.2) is 146 Å². The first-order valence-electron chi connectivity index (χ1n) is 23.6. The van der Waals surface area contributed by atoms with Crippen LogP contribution in [0.4, 0.5) is 0 Å². The lowest BCUT2D eigenvalue weighted by molar-refractivity contribution is 0.577. The molecule has 0 saturated carbocycles. The van der Waals surface area contributed by atoms with E-state index < -0.39 is 0 Å². The van der Waals surface area contributed by atoms with Gasteiger partial charge in [0.25, 0.3) is 0 Å². The van der Waals surface area contributed by atoms with Crippen LogP contribution in [0.5, 0.6) is 0 Å². The van der Waals surface area contributed by atoms with Gasteiger partial charge in [-0.2, -0.15) is 0 Å². The molecule has 336 valence electrons. The lowest BCUT2D eigenvalue weighted by atomic mass is 9.79. The minimum Gasteiger partial charge on any atom is -0.0620 e. The Balaban J connectivity index is 0.000000207. The molecule has 0 aliphatic rings. The summed E-state index contributed by atoms with van der Waals surface area (Å²) in [5.74, 6) is 0. The van der Waals surface area contributed by atoms with Crippen LogP contribution in [0.1, 0.15) is 191 Å². The molecule has 6 aromatic rings. The van der Waals surface area contributed by atoms with Crippen molar-refractivity contribution in [3.8, 4) is 0 Å². The second kappa shape index (κ2) is 20.4. The van der Waals surface area contributed by atoms with Crippen molar-refractivity contribution in [3.63, 3.8) is 0 Å². The molecule has 0 aliphatic carbocycles. The van der Waals surface area contributed by atoms with Crippen molar-refractivity contribution in [1.82, 2.24) is 0 Å². The van der Waals surface area contributed by atoms with E-state index >= 15 is 0 Å². The monoisotopic (exact) mass is 841 g/mol. The Morgan fingerprint density at radius 2 is 0.444 bits per heavy atom. The van der Waals surface area contributed by atoms with Gasteiger partial charge in [0.15, 0.2) is 0 Å². The van der Waals surface area contributed by atoms with Crippen LogP contribution in [0, 0.1) is 0 Å². The summed E-state index contributed by atoms with van der Waals surface area (Å²) in [4.78, 5) is 0. The minimum absolute atomic E-state index is 0.188. The second-order valence-corrected chi connectivity index (χ2v) is 24.1. The number of rotatable bonds is 6. The summed E-state index contributed by atoms with van der Waals surface area (Å²) in [5, 5.41) is 0. The van der Waals surface area contributed by atoms with Crippen LogP contribution < -0.4 is 0 Å². The van der Waals surface area contributed by atoms with E-state index in [9.17, 15) is 0 Å². The zero-order chi connectivity index (χ0) is 47.0. The van der Waals surface area contributed by atoms with E-state index in [4.69, 9.17) is 0 Å². The van der Waals surface area contributed by atoms with Crippen LogP contribution >= 0.6 is 0 Å². The smallest absolute Gasteiger partial charge is 0.00199 e. The molecule has 0 N–H and O–H groups in total. The maximum Gasteiger partial charge on any atom is -0.00199 e. The van der Waals surface area contributed by atoms with Crippen molar-refractivity contribution in [3.05, 3.63) is 212 Å². The lowest BCUT2D eigenvalue weighted by Gasteiger charge is -2.26. The molecule has 0 heterocycles. The Kier molecular flexibility index (Phi) is 16.5. The third-order valence-corrected chi connectivity index (χ3v) is 12.1. The third-order valence-electron chi connectivity index (χ3n) is 12.1. The molecule has 0 nitrogen and oxygen atoms in total. The second-order valence-electron chi connectivity index (χ2n) is 24.1. The average Bonchev–Trinajstić information content (AvgIpc) is 3.17. The molecule has 0 saturated heterocycles. The van der Waals surface area contributed by atoms with Gasteiger partial charge in [-0.25, -0.2) is 0 Å². The Morgan fingerprint density at radius 3 is 0.683 bits per heavy atom. The largest absolute Gasteiger partial charge is 0.0620 e. The van der Waals surface area contributed by atoms with E-state index in [0.717, 1.165) is 19.3 Å². The molecule has 0 fully saturated rings. The normalized spacial score (nSPS) is 12.5. The van der Waals surface area contributed by atoms with E-state index in [-0.39, 0.29) is 32.5 Å². The van der Waals surface area contributed by atoms with Gasteiger partial charge in [-0.3, -0.25) is 0 Å². The van der Waals surface area contributed by atoms with Crippen LogP contribution in [-0.2, 0) is 51.8 Å². The van der Waals surface area contributed by atoms with Gasteiger partial charge in [-0.05, 0) is 119 Å². The Bertz CT molecular complexity index is 2190. The summed E-state index contributed by atoms with van der Waals surface area (Å²) in [6, 6.07) is 53.7. The SMILES string of the molecule is CC(C)(C)c1ccc(Cc2ccc(C(C)(C)C)cc2)cc1.CC(C)(C)c1ccc(Cc2ccccc2C(C)(C)C)cc1.CC(C)(C)c1ccccc1Cc1ccccc1C(C)(C)C. The standard InChI is InChI=1S/3C21H28/c1-20(2,3)18-11-7-16(8-12-18)15-17-9-13-19(14-10-17)21(4,5)6;1-20(2,3)18-13-9-7-11-16(18)15-17-12-8-10-14-19(17)21(4,5)6;1-20(2,3)18-13-11-16(12-14-18)15-17-9-7-8-10-19(17)21(4,5)6/h3*7-14H,15H2,1-6H3. The summed E-state index contributed by atoms with van der Waals surface area (Å²) in [6.45, 7) is 40.9. The first kappa shape index (κ1) is 51.0. The van der Waals surface area contributed by atoms with Crippen molar-refractivity contribution in [2.75, 3.05) is 0 Å². The highest BCUT2D eigenvalue weighted by Crippen LogP contribution is 2.32. The average molecular weight is 841 g/mol. The first-order chi connectivity index (χ1) is 29.0. The zero-order valence-electron chi connectivity index (χ0n) is 43.0. The summed E-state index contributed by atoms with van der Waals surface area (Å²) < 4.78 is 0. The van der Waals surface area contributed by atoms with Crippen LogP contribution in [0.3, 0.4) is 0 Å². The molecule has 63 heavy (non-hydrogen) atoms. The lowest BCUT2D eigenvalue weighted by Crippen LogP contribution is -2.17. The molecule has 0 atom stereocenters. The maximum atomic E-state index is 2.29. The molecule has 0 spiro atoms. The molecular weight excluding hydrogens is 757 g/mol. The summed E-state index contributed by atoms with van der Waals surface area (Å²) in [7, 11) is 0. The molecule has 0 heteroatoms. The minimum atomic E-state index is 0.188. The fourth-order valence-corrected chi connectivity index (χ4v) is 8.25. The topological polar surface area (TPSA) is 0 Å². The van der Waals surface area contributed by atoms with Crippen molar-refractivity contribution in [2.24, 2.45) is 0 Å². The van der Waals surface area contributed by atoms with E-state index in [1.54, 1.807) is 0 Å². The van der Waals surface area contributed by atoms with Gasteiger partial charge in [0.2, 0.25) is 0 Å². The highest BCUT2D eigenvalue weighted by molar-refractivity contribution is 5.42. The van der Waals surface area contributed by atoms with E-state index in [0.29, 0.717) is 0 Å². The van der Waals surface area contributed by atoms with Gasteiger partial charge in [-0.15, -0.1) is 0 Å². The van der Waals surface area contributed by atoms with Gasteiger partial charge in [-0.1, -0.05) is 270 Å². The molecule has 0 amide bonds. The summed E-state index contributed by atoms with van der Waals surface area (Å²) in [6.07, 6.45) is 3.04. The van der Waals surface area contributed by atoms with Crippen LogP contribution in [-0.4, -0.2) is 0 Å². The fourth-order valence-electron chi connectivity index (χ4n) is 8.25. The Hall–Kier alpha value is -4.68. The number of hydrogen-bond acceptors (Lipinski definition) is 0. The van der Waals surface area contributed by atoms with Gasteiger partial charge in [0.05, 0.1) is 0 Å². The molecule has 0 aromatic heterocycles. The van der Waals surface area contributed by atoms with Gasteiger partial charge < -0.3 is 0 Å². The molecule has 0 radical (unpaired) electrons. The van der Waals surface area contributed by atoms with Crippen molar-refractivity contribution >= 4 is 0 Å². The summed E-state index contributed by atoms with van der Waals surface area (Å²) in [5.41, 5.74) is 18.3. The van der Waals surface area contributed by atoms with Crippen molar-refractivity contribution < 1.29 is 0 Å². The Morgan fingerprint density at radius 1 is 0.222 bits per heavy atom. The highest BCUT2D eigenvalue weighted by atomic mass is 14.3. The molecule has 6 aromatic carbocycles. The van der Waals surface area contributed by atoms with Crippen molar-refractivity contribution in [2.45, 2.75) is 176 Å². The molecule has 0 unspecified atom stereocenters. The van der Waals surface area contributed by atoms with Gasteiger partial charge in [0, 0.05) is 0 Å². The molecule has 0 aliphatic heterocycles. The maximum absolute atomic E-state index is 2.29. The number of benzene rings is 6. The molecular formula is C63H84. The zero-order valence-corrected chi connectivity index (χ0v) is 43.0. The van der Waals surface area contributed by atoms with Crippen LogP contribution in [0.2, 0.25) is 0 Å².